The number of hydrogen-bond donors (Lipinski definition) is 0. The van der Waals surface area contributed by atoms with Crippen molar-refractivity contribution in [3.63, 3.8) is 0 Å². The van der Waals surface area contributed by atoms with E-state index in [1.807, 2.05) is 67.5 Å². The number of Topliss-reactive ketones (excluding diaryl/α,β-unsaturated/α-hetero) is 1. The molecule has 2 unspecified atom stereocenters. The van der Waals surface area contributed by atoms with Crippen LogP contribution < -0.4 is 0 Å². The first kappa shape index (κ1) is 20.4. The summed E-state index contributed by atoms with van der Waals surface area (Å²) in [6, 6.07) is 4.07. The van der Waals surface area contributed by atoms with Crippen LogP contribution in [0.2, 0.25) is 0 Å². The Labute approximate surface area is 146 Å². The van der Waals surface area contributed by atoms with Gasteiger partial charge in [0, 0.05) is 12.0 Å². The molecule has 2 atom stereocenters. The van der Waals surface area contributed by atoms with E-state index in [0.29, 0.717) is 13.0 Å². The first-order chi connectivity index (χ1) is 10.9. The zero-order valence-electron chi connectivity index (χ0n) is 16.4. The molecule has 3 nitrogen and oxygen atoms in total. The third-order valence-corrected chi connectivity index (χ3v) is 4.34. The lowest BCUT2D eigenvalue weighted by Gasteiger charge is -2.22. The second-order valence-electron chi connectivity index (χ2n) is 8.34. The van der Waals surface area contributed by atoms with Crippen LogP contribution in [-0.4, -0.2) is 18.4 Å². The van der Waals surface area contributed by atoms with Crippen molar-refractivity contribution in [3.8, 4) is 0 Å². The number of ether oxygens (including phenoxy) is 1. The van der Waals surface area contributed by atoms with Crippen LogP contribution in [0.25, 0.3) is 0 Å². The molecule has 0 amide bonds. The zero-order chi connectivity index (χ0) is 18.7. The highest BCUT2D eigenvalue weighted by Gasteiger charge is 2.26. The molecule has 134 valence electrons. The van der Waals surface area contributed by atoms with Crippen LogP contribution in [-0.2, 0) is 9.53 Å². The van der Waals surface area contributed by atoms with Crippen molar-refractivity contribution in [2.75, 3.05) is 6.61 Å². The van der Waals surface area contributed by atoms with Crippen molar-refractivity contribution in [1.29, 1.82) is 0 Å². The molecule has 0 saturated heterocycles. The third-order valence-electron chi connectivity index (χ3n) is 4.34. The predicted molar refractivity (Wildman–Crippen MR) is 98.3 cm³/mol. The van der Waals surface area contributed by atoms with Crippen LogP contribution in [0, 0.1) is 38.0 Å². The van der Waals surface area contributed by atoms with Gasteiger partial charge in [-0.25, -0.2) is 0 Å². The summed E-state index contributed by atoms with van der Waals surface area (Å²) in [7, 11) is 0. The van der Waals surface area contributed by atoms with Crippen molar-refractivity contribution in [2.24, 2.45) is 17.3 Å². The summed E-state index contributed by atoms with van der Waals surface area (Å²) in [4.78, 5) is 24.9. The van der Waals surface area contributed by atoms with Gasteiger partial charge in [0.25, 0.3) is 0 Å². The number of carbonyl (C=O) groups excluding carboxylic acids is 2. The number of benzene rings is 1. The summed E-state index contributed by atoms with van der Waals surface area (Å²) in [5.74, 6) is -0.456. The third kappa shape index (κ3) is 5.77. The van der Waals surface area contributed by atoms with Crippen LogP contribution in [0.4, 0.5) is 0 Å². The lowest BCUT2D eigenvalue weighted by molar-refractivity contribution is -0.152. The molecule has 24 heavy (non-hydrogen) atoms. The van der Waals surface area contributed by atoms with Gasteiger partial charge < -0.3 is 4.74 Å². The standard InChI is InChI=1S/C21H32O3/c1-13-9-15(3)19(16(4)10-13)18(22)11-14(2)17(5)20(23)24-12-21(6,7)8/h9-10,14,17H,11-12H2,1-8H3. The minimum Gasteiger partial charge on any atom is -0.465 e. The zero-order valence-corrected chi connectivity index (χ0v) is 16.4. The molecule has 0 aromatic heterocycles. The number of hydrogen-bond acceptors (Lipinski definition) is 3. The first-order valence-corrected chi connectivity index (χ1v) is 8.70. The highest BCUT2D eigenvalue weighted by molar-refractivity contribution is 5.99. The van der Waals surface area contributed by atoms with Crippen molar-refractivity contribution < 1.29 is 14.3 Å². The number of rotatable bonds is 6. The number of aryl methyl sites for hydroxylation is 3. The van der Waals surface area contributed by atoms with Gasteiger partial charge in [0.1, 0.15) is 0 Å². The van der Waals surface area contributed by atoms with Crippen molar-refractivity contribution in [2.45, 2.75) is 61.8 Å². The van der Waals surface area contributed by atoms with Crippen LogP contribution in [0.1, 0.15) is 68.1 Å². The largest absolute Gasteiger partial charge is 0.465 e. The monoisotopic (exact) mass is 332 g/mol. The Morgan fingerprint density at radius 1 is 1.04 bits per heavy atom. The molecule has 0 bridgehead atoms. The van der Waals surface area contributed by atoms with E-state index < -0.39 is 0 Å². The summed E-state index contributed by atoms with van der Waals surface area (Å²) in [6.45, 7) is 16.2. The van der Waals surface area contributed by atoms with Gasteiger partial charge in [-0.05, 0) is 43.2 Å². The van der Waals surface area contributed by atoms with E-state index in [1.165, 1.54) is 0 Å². The van der Waals surface area contributed by atoms with E-state index in [1.54, 1.807) is 0 Å². The van der Waals surface area contributed by atoms with Gasteiger partial charge in [-0.3, -0.25) is 9.59 Å². The molecule has 0 aliphatic heterocycles. The molecule has 0 saturated carbocycles. The molecular formula is C21H32O3. The smallest absolute Gasteiger partial charge is 0.308 e. The van der Waals surface area contributed by atoms with Gasteiger partial charge in [-0.2, -0.15) is 0 Å². The maximum Gasteiger partial charge on any atom is 0.308 e. The maximum absolute atomic E-state index is 12.7. The quantitative estimate of drug-likeness (QED) is 0.541. The molecule has 0 heterocycles. The number of ketones is 1. The summed E-state index contributed by atoms with van der Waals surface area (Å²) in [5.41, 5.74) is 3.92. The summed E-state index contributed by atoms with van der Waals surface area (Å²) in [6.07, 6.45) is 0.358. The van der Waals surface area contributed by atoms with Gasteiger partial charge in [-0.15, -0.1) is 0 Å². The average Bonchev–Trinajstić information content (AvgIpc) is 2.41. The molecule has 3 heteroatoms. The molecular weight excluding hydrogens is 300 g/mol. The van der Waals surface area contributed by atoms with E-state index in [-0.39, 0.29) is 29.0 Å². The van der Waals surface area contributed by atoms with Crippen LogP contribution in [0.5, 0.6) is 0 Å². The summed E-state index contributed by atoms with van der Waals surface area (Å²) >= 11 is 0. The molecule has 1 aromatic rings. The fourth-order valence-corrected chi connectivity index (χ4v) is 2.84. The Kier molecular flexibility index (Phi) is 6.76. The molecule has 0 aliphatic rings. The van der Waals surface area contributed by atoms with Gasteiger partial charge >= 0.3 is 5.97 Å². The maximum atomic E-state index is 12.7. The molecule has 0 fully saturated rings. The Hall–Kier alpha value is -1.64. The number of carbonyl (C=O) groups is 2. The fraction of sp³-hybridized carbons (Fsp3) is 0.619. The van der Waals surface area contributed by atoms with E-state index >= 15 is 0 Å². The Bertz CT molecular complexity index is 585. The molecule has 0 radical (unpaired) electrons. The van der Waals surface area contributed by atoms with Gasteiger partial charge in [-0.1, -0.05) is 52.3 Å². The van der Waals surface area contributed by atoms with Gasteiger partial charge in [0.05, 0.1) is 12.5 Å². The lowest BCUT2D eigenvalue weighted by Crippen LogP contribution is -2.27. The van der Waals surface area contributed by atoms with Gasteiger partial charge in [0.15, 0.2) is 5.78 Å². The highest BCUT2D eigenvalue weighted by atomic mass is 16.5. The molecule has 1 aromatic carbocycles. The Morgan fingerprint density at radius 3 is 2.00 bits per heavy atom. The van der Waals surface area contributed by atoms with Crippen molar-refractivity contribution in [1.82, 2.24) is 0 Å². The fourth-order valence-electron chi connectivity index (χ4n) is 2.84. The first-order valence-electron chi connectivity index (χ1n) is 8.70. The second kappa shape index (κ2) is 7.96. The van der Waals surface area contributed by atoms with Gasteiger partial charge in [0.2, 0.25) is 0 Å². The minimum atomic E-state index is -0.289. The Morgan fingerprint density at radius 2 is 1.54 bits per heavy atom. The summed E-state index contributed by atoms with van der Waals surface area (Å²) < 4.78 is 5.39. The highest BCUT2D eigenvalue weighted by Crippen LogP contribution is 2.24. The average molecular weight is 332 g/mol. The van der Waals surface area contributed by atoms with E-state index in [0.717, 1.165) is 22.3 Å². The molecule has 1 rings (SSSR count). The number of esters is 1. The molecule has 0 aliphatic carbocycles. The Balaban J connectivity index is 2.75. The van der Waals surface area contributed by atoms with Crippen molar-refractivity contribution >= 4 is 11.8 Å². The van der Waals surface area contributed by atoms with Crippen molar-refractivity contribution in [3.05, 3.63) is 34.4 Å². The predicted octanol–water partition coefficient (Wildman–Crippen LogP) is 5.05. The van der Waals surface area contributed by atoms with Crippen LogP contribution in [0.3, 0.4) is 0 Å². The van der Waals surface area contributed by atoms with E-state index in [9.17, 15) is 9.59 Å². The van der Waals surface area contributed by atoms with Crippen LogP contribution >= 0.6 is 0 Å². The minimum absolute atomic E-state index is 0.0509. The topological polar surface area (TPSA) is 43.4 Å². The molecule has 0 spiro atoms. The normalized spacial score (nSPS) is 14.2. The van der Waals surface area contributed by atoms with E-state index in [2.05, 4.69) is 0 Å². The molecule has 0 N–H and O–H groups in total. The second-order valence-corrected chi connectivity index (χ2v) is 8.34. The lowest BCUT2D eigenvalue weighted by atomic mass is 9.86. The SMILES string of the molecule is Cc1cc(C)c(C(=O)CC(C)C(C)C(=O)OCC(C)(C)C)c(C)c1. The van der Waals surface area contributed by atoms with E-state index in [4.69, 9.17) is 4.74 Å². The summed E-state index contributed by atoms with van der Waals surface area (Å²) in [5, 5.41) is 0. The van der Waals surface area contributed by atoms with Crippen LogP contribution in [0.15, 0.2) is 12.1 Å².